The molecular formula is C15H22N6O. The lowest BCUT2D eigenvalue weighted by Gasteiger charge is -2.34. The van der Waals surface area contributed by atoms with Gasteiger partial charge >= 0.3 is 0 Å². The quantitative estimate of drug-likeness (QED) is 0.775. The van der Waals surface area contributed by atoms with Crippen molar-refractivity contribution >= 4 is 5.82 Å². The lowest BCUT2D eigenvalue weighted by atomic mass is 10.2. The maximum atomic E-state index is 5.88. The Morgan fingerprint density at radius 3 is 3.05 bits per heavy atom. The van der Waals surface area contributed by atoms with Gasteiger partial charge in [-0.1, -0.05) is 0 Å². The zero-order valence-corrected chi connectivity index (χ0v) is 12.9. The minimum atomic E-state index is 0.193. The van der Waals surface area contributed by atoms with E-state index in [2.05, 4.69) is 25.1 Å². The predicted molar refractivity (Wildman–Crippen MR) is 83.7 cm³/mol. The molecule has 0 aliphatic carbocycles. The number of nitrogens with zero attached hydrogens (tertiary/aromatic N) is 6. The molecule has 1 aliphatic heterocycles. The van der Waals surface area contributed by atoms with Gasteiger partial charge in [-0.15, -0.1) is 5.10 Å². The highest BCUT2D eigenvalue weighted by molar-refractivity contribution is 5.35. The third-order valence-corrected chi connectivity index (χ3v) is 3.85. The third-order valence-electron chi connectivity index (χ3n) is 3.85. The standard InChI is InChI=1S/C15H22N6O/c1-19(15-4-2-5-16-18-15)12-14-13-20(10-11-22-14)8-9-21-7-3-6-17-21/h2-7,14H,8-13H2,1H3/t14-/m1/s1. The van der Waals surface area contributed by atoms with Crippen molar-refractivity contribution < 1.29 is 4.74 Å². The SMILES string of the molecule is CN(C[C@@H]1CN(CCn2cccn2)CCO1)c1cccnn1. The largest absolute Gasteiger partial charge is 0.374 e. The van der Waals surface area contributed by atoms with Crippen molar-refractivity contribution in [2.24, 2.45) is 0 Å². The Hall–Kier alpha value is -1.99. The normalized spacial score (nSPS) is 19.2. The van der Waals surface area contributed by atoms with E-state index in [4.69, 9.17) is 4.74 Å². The first-order chi connectivity index (χ1) is 10.8. The number of rotatable bonds is 6. The molecule has 0 saturated carbocycles. The van der Waals surface area contributed by atoms with Crippen LogP contribution in [0, 0.1) is 0 Å². The molecule has 7 nitrogen and oxygen atoms in total. The van der Waals surface area contributed by atoms with E-state index < -0.39 is 0 Å². The number of morpholine rings is 1. The summed E-state index contributed by atoms with van der Waals surface area (Å²) in [5, 5.41) is 12.3. The highest BCUT2D eigenvalue weighted by atomic mass is 16.5. The van der Waals surface area contributed by atoms with Crippen LogP contribution in [0.5, 0.6) is 0 Å². The van der Waals surface area contributed by atoms with E-state index in [1.807, 2.05) is 42.3 Å². The van der Waals surface area contributed by atoms with Crippen LogP contribution in [-0.2, 0) is 11.3 Å². The Labute approximate surface area is 130 Å². The second-order valence-corrected chi connectivity index (χ2v) is 5.52. The summed E-state index contributed by atoms with van der Waals surface area (Å²) in [5.41, 5.74) is 0. The molecule has 2 aromatic heterocycles. The summed E-state index contributed by atoms with van der Waals surface area (Å²) in [6, 6.07) is 5.82. The van der Waals surface area contributed by atoms with E-state index in [1.54, 1.807) is 6.20 Å². The summed E-state index contributed by atoms with van der Waals surface area (Å²) >= 11 is 0. The number of hydrogen-bond donors (Lipinski definition) is 0. The van der Waals surface area contributed by atoms with E-state index in [-0.39, 0.29) is 6.10 Å². The predicted octanol–water partition coefficient (Wildman–Crippen LogP) is 0.510. The Balaban J connectivity index is 1.48. The maximum absolute atomic E-state index is 5.88. The molecule has 0 N–H and O–H groups in total. The van der Waals surface area contributed by atoms with Gasteiger partial charge in [-0.3, -0.25) is 9.58 Å². The third kappa shape index (κ3) is 4.02. The Morgan fingerprint density at radius 1 is 1.32 bits per heavy atom. The molecule has 0 spiro atoms. The van der Waals surface area contributed by atoms with E-state index in [9.17, 15) is 0 Å². The Kier molecular flexibility index (Phi) is 4.97. The van der Waals surface area contributed by atoms with Gasteiger partial charge in [0, 0.05) is 51.8 Å². The van der Waals surface area contributed by atoms with Crippen LogP contribution in [-0.4, -0.2) is 70.8 Å². The molecule has 22 heavy (non-hydrogen) atoms. The zero-order valence-electron chi connectivity index (χ0n) is 12.9. The molecule has 2 aromatic rings. The highest BCUT2D eigenvalue weighted by Gasteiger charge is 2.22. The van der Waals surface area contributed by atoms with Crippen LogP contribution in [0.4, 0.5) is 5.82 Å². The molecule has 0 bridgehead atoms. The molecule has 1 saturated heterocycles. The molecular weight excluding hydrogens is 280 g/mol. The summed E-state index contributed by atoms with van der Waals surface area (Å²) < 4.78 is 7.85. The minimum absolute atomic E-state index is 0.193. The minimum Gasteiger partial charge on any atom is -0.374 e. The van der Waals surface area contributed by atoms with Gasteiger partial charge in [0.1, 0.15) is 0 Å². The molecule has 3 heterocycles. The van der Waals surface area contributed by atoms with Crippen LogP contribution in [0.15, 0.2) is 36.8 Å². The molecule has 0 radical (unpaired) electrons. The van der Waals surface area contributed by atoms with E-state index in [0.29, 0.717) is 0 Å². The Bertz CT molecular complexity index is 546. The number of anilines is 1. The topological polar surface area (TPSA) is 59.3 Å². The second-order valence-electron chi connectivity index (χ2n) is 5.52. The van der Waals surface area contributed by atoms with E-state index in [1.165, 1.54) is 0 Å². The smallest absolute Gasteiger partial charge is 0.151 e. The van der Waals surface area contributed by atoms with Gasteiger partial charge in [0.15, 0.2) is 5.82 Å². The van der Waals surface area contributed by atoms with Crippen LogP contribution in [0.1, 0.15) is 0 Å². The zero-order chi connectivity index (χ0) is 15.2. The summed E-state index contributed by atoms with van der Waals surface area (Å²) in [7, 11) is 2.02. The van der Waals surface area contributed by atoms with Crippen LogP contribution in [0.2, 0.25) is 0 Å². The summed E-state index contributed by atoms with van der Waals surface area (Å²) in [5.74, 6) is 0.875. The van der Waals surface area contributed by atoms with Crippen LogP contribution >= 0.6 is 0 Å². The van der Waals surface area contributed by atoms with Crippen LogP contribution in [0.25, 0.3) is 0 Å². The second kappa shape index (κ2) is 7.33. The molecule has 3 rings (SSSR count). The van der Waals surface area contributed by atoms with Crippen molar-refractivity contribution in [3.05, 3.63) is 36.8 Å². The number of aromatic nitrogens is 4. The average molecular weight is 302 g/mol. The summed E-state index contributed by atoms with van der Waals surface area (Å²) in [6.45, 7) is 5.42. The fraction of sp³-hybridized carbons (Fsp3) is 0.533. The van der Waals surface area contributed by atoms with Crippen molar-refractivity contribution in [1.82, 2.24) is 24.9 Å². The number of likely N-dealkylation sites (N-methyl/N-ethyl adjacent to an activating group) is 1. The molecule has 1 atom stereocenters. The molecule has 0 aromatic carbocycles. The van der Waals surface area contributed by atoms with Crippen molar-refractivity contribution in [2.45, 2.75) is 12.6 Å². The molecule has 1 fully saturated rings. The van der Waals surface area contributed by atoms with Gasteiger partial charge in [0.2, 0.25) is 0 Å². The van der Waals surface area contributed by atoms with Gasteiger partial charge in [-0.25, -0.2) is 0 Å². The average Bonchev–Trinajstić information content (AvgIpc) is 3.08. The van der Waals surface area contributed by atoms with E-state index >= 15 is 0 Å². The fourth-order valence-electron chi connectivity index (χ4n) is 2.67. The van der Waals surface area contributed by atoms with Gasteiger partial charge in [-0.2, -0.15) is 10.2 Å². The van der Waals surface area contributed by atoms with E-state index in [0.717, 1.165) is 45.1 Å². The van der Waals surface area contributed by atoms with Crippen LogP contribution in [0.3, 0.4) is 0 Å². The maximum Gasteiger partial charge on any atom is 0.151 e. The number of ether oxygens (including phenoxy) is 1. The van der Waals surface area contributed by atoms with Crippen molar-refractivity contribution in [2.75, 3.05) is 44.7 Å². The molecule has 1 aliphatic rings. The monoisotopic (exact) mass is 302 g/mol. The highest BCUT2D eigenvalue weighted by Crippen LogP contribution is 2.11. The van der Waals surface area contributed by atoms with Crippen molar-refractivity contribution in [3.8, 4) is 0 Å². The van der Waals surface area contributed by atoms with Gasteiger partial charge < -0.3 is 9.64 Å². The first-order valence-electron chi connectivity index (χ1n) is 7.61. The molecule has 118 valence electrons. The van der Waals surface area contributed by atoms with Crippen LogP contribution < -0.4 is 4.90 Å². The van der Waals surface area contributed by atoms with Gasteiger partial charge in [0.25, 0.3) is 0 Å². The molecule has 0 unspecified atom stereocenters. The van der Waals surface area contributed by atoms with Gasteiger partial charge in [-0.05, 0) is 18.2 Å². The first kappa shape index (κ1) is 14.9. The van der Waals surface area contributed by atoms with Gasteiger partial charge in [0.05, 0.1) is 19.3 Å². The van der Waals surface area contributed by atoms with Crippen molar-refractivity contribution in [1.29, 1.82) is 0 Å². The lowest BCUT2D eigenvalue weighted by Crippen LogP contribution is -2.48. The Morgan fingerprint density at radius 2 is 2.27 bits per heavy atom. The summed E-state index contributed by atoms with van der Waals surface area (Å²) in [6.07, 6.45) is 5.70. The molecule has 0 amide bonds. The first-order valence-corrected chi connectivity index (χ1v) is 7.61. The molecule has 7 heteroatoms. The fourth-order valence-corrected chi connectivity index (χ4v) is 2.67. The number of hydrogen-bond acceptors (Lipinski definition) is 6. The lowest BCUT2D eigenvalue weighted by molar-refractivity contribution is -0.0247. The summed E-state index contributed by atoms with van der Waals surface area (Å²) in [4.78, 5) is 4.52. The van der Waals surface area contributed by atoms with Crippen molar-refractivity contribution in [3.63, 3.8) is 0 Å².